The van der Waals surface area contributed by atoms with Crippen LogP contribution < -0.4 is 4.74 Å². The van der Waals surface area contributed by atoms with E-state index < -0.39 is 0 Å². The largest absolute Gasteiger partial charge is 0.481 e. The van der Waals surface area contributed by atoms with Crippen molar-refractivity contribution in [2.75, 3.05) is 7.11 Å². The van der Waals surface area contributed by atoms with Gasteiger partial charge in [-0.2, -0.15) is 5.26 Å². The molecular formula is C9H10N2O. The Bertz CT molecular complexity index is 304. The van der Waals surface area contributed by atoms with Gasteiger partial charge in [0.1, 0.15) is 0 Å². The van der Waals surface area contributed by atoms with Crippen LogP contribution in [0.5, 0.6) is 5.88 Å². The first-order chi connectivity index (χ1) is 5.79. The summed E-state index contributed by atoms with van der Waals surface area (Å²) in [6, 6.07) is 5.78. The summed E-state index contributed by atoms with van der Waals surface area (Å²) in [5.74, 6) is 0.361. The number of hydrogen-bond acceptors (Lipinski definition) is 3. The number of hydrogen-bond donors (Lipinski definition) is 0. The standard InChI is InChI=1S/C9H10N2O/c1-7(6-10)8-4-3-5-11-9(8)12-2/h3-5,7H,1-2H3. The molecule has 0 saturated heterocycles. The first kappa shape index (κ1) is 8.54. The Labute approximate surface area is 71.6 Å². The molecule has 12 heavy (non-hydrogen) atoms. The van der Waals surface area contributed by atoms with Crippen LogP contribution in [0.15, 0.2) is 18.3 Å². The number of pyridine rings is 1. The first-order valence-corrected chi connectivity index (χ1v) is 3.68. The van der Waals surface area contributed by atoms with E-state index in [9.17, 15) is 0 Å². The molecule has 0 amide bonds. The number of aromatic nitrogens is 1. The van der Waals surface area contributed by atoms with E-state index in [2.05, 4.69) is 11.1 Å². The van der Waals surface area contributed by atoms with E-state index in [1.165, 1.54) is 0 Å². The SMILES string of the molecule is COc1ncccc1C(C)C#N. The minimum atomic E-state index is -0.173. The van der Waals surface area contributed by atoms with Gasteiger partial charge >= 0.3 is 0 Å². The molecule has 1 unspecified atom stereocenters. The van der Waals surface area contributed by atoms with E-state index in [0.29, 0.717) is 5.88 Å². The van der Waals surface area contributed by atoms with Crippen molar-refractivity contribution in [2.45, 2.75) is 12.8 Å². The van der Waals surface area contributed by atoms with Gasteiger partial charge < -0.3 is 4.74 Å². The van der Waals surface area contributed by atoms with E-state index >= 15 is 0 Å². The molecule has 1 atom stereocenters. The normalized spacial score (nSPS) is 11.8. The number of ether oxygens (including phenoxy) is 1. The average Bonchev–Trinajstić information content (AvgIpc) is 2.16. The van der Waals surface area contributed by atoms with Crippen LogP contribution in [0.4, 0.5) is 0 Å². The fourth-order valence-electron chi connectivity index (χ4n) is 0.973. The highest BCUT2D eigenvalue weighted by molar-refractivity contribution is 5.32. The van der Waals surface area contributed by atoms with Crippen molar-refractivity contribution in [1.82, 2.24) is 4.98 Å². The third-order valence-electron chi connectivity index (χ3n) is 1.65. The van der Waals surface area contributed by atoms with Gasteiger partial charge in [-0.25, -0.2) is 4.98 Å². The van der Waals surface area contributed by atoms with Crippen molar-refractivity contribution >= 4 is 0 Å². The molecule has 0 aromatic carbocycles. The molecule has 0 saturated carbocycles. The molecule has 0 N–H and O–H groups in total. The zero-order valence-corrected chi connectivity index (χ0v) is 7.11. The van der Waals surface area contributed by atoms with E-state index in [1.54, 1.807) is 19.4 Å². The van der Waals surface area contributed by atoms with Crippen LogP contribution in [0.1, 0.15) is 18.4 Å². The van der Waals surface area contributed by atoms with Crippen LogP contribution in [0.25, 0.3) is 0 Å². The highest BCUT2D eigenvalue weighted by atomic mass is 16.5. The van der Waals surface area contributed by atoms with Crippen LogP contribution in [-0.2, 0) is 0 Å². The Morgan fingerprint density at radius 3 is 3.00 bits per heavy atom. The van der Waals surface area contributed by atoms with Crippen molar-refractivity contribution in [3.63, 3.8) is 0 Å². The number of methoxy groups -OCH3 is 1. The van der Waals surface area contributed by atoms with E-state index in [1.807, 2.05) is 13.0 Å². The second-order valence-corrected chi connectivity index (χ2v) is 2.45. The lowest BCUT2D eigenvalue weighted by atomic mass is 10.1. The highest BCUT2D eigenvalue weighted by Gasteiger charge is 2.09. The van der Waals surface area contributed by atoms with Crippen molar-refractivity contribution < 1.29 is 4.74 Å². The number of nitriles is 1. The molecule has 0 radical (unpaired) electrons. The Morgan fingerprint density at radius 2 is 2.42 bits per heavy atom. The van der Waals surface area contributed by atoms with Crippen LogP contribution in [-0.4, -0.2) is 12.1 Å². The molecule has 1 aromatic rings. The maximum atomic E-state index is 8.67. The van der Waals surface area contributed by atoms with Gasteiger partial charge in [-0.05, 0) is 13.0 Å². The summed E-state index contributed by atoms with van der Waals surface area (Å²) in [5.41, 5.74) is 0.836. The summed E-state index contributed by atoms with van der Waals surface area (Å²) in [7, 11) is 1.55. The van der Waals surface area contributed by atoms with Gasteiger partial charge in [0.2, 0.25) is 5.88 Å². The first-order valence-electron chi connectivity index (χ1n) is 3.68. The van der Waals surface area contributed by atoms with Gasteiger partial charge in [0, 0.05) is 11.8 Å². The molecular weight excluding hydrogens is 152 g/mol. The van der Waals surface area contributed by atoms with Gasteiger partial charge in [-0.3, -0.25) is 0 Å². The summed E-state index contributed by atoms with van der Waals surface area (Å²) in [6.45, 7) is 1.82. The summed E-state index contributed by atoms with van der Waals surface area (Å²) >= 11 is 0. The maximum absolute atomic E-state index is 8.67. The summed E-state index contributed by atoms with van der Waals surface area (Å²) in [6.07, 6.45) is 1.65. The second kappa shape index (κ2) is 3.72. The molecule has 1 heterocycles. The van der Waals surface area contributed by atoms with Crippen LogP contribution in [0.3, 0.4) is 0 Å². The van der Waals surface area contributed by atoms with Gasteiger partial charge in [-0.1, -0.05) is 6.07 Å². The minimum Gasteiger partial charge on any atom is -0.481 e. The van der Waals surface area contributed by atoms with Crippen molar-refractivity contribution in [1.29, 1.82) is 5.26 Å². The predicted octanol–water partition coefficient (Wildman–Crippen LogP) is 1.72. The monoisotopic (exact) mass is 162 g/mol. The minimum absolute atomic E-state index is 0.173. The molecule has 0 fully saturated rings. The van der Waals surface area contributed by atoms with Crippen LogP contribution >= 0.6 is 0 Å². The quantitative estimate of drug-likeness (QED) is 0.665. The predicted molar refractivity (Wildman–Crippen MR) is 44.8 cm³/mol. The third-order valence-corrected chi connectivity index (χ3v) is 1.65. The molecule has 1 aromatic heterocycles. The average molecular weight is 162 g/mol. The van der Waals surface area contributed by atoms with Crippen molar-refractivity contribution in [3.8, 4) is 11.9 Å². The zero-order chi connectivity index (χ0) is 8.97. The van der Waals surface area contributed by atoms with Crippen molar-refractivity contribution in [2.24, 2.45) is 0 Å². The van der Waals surface area contributed by atoms with Crippen LogP contribution in [0, 0.1) is 11.3 Å². The molecule has 62 valence electrons. The number of nitrogens with zero attached hydrogens (tertiary/aromatic N) is 2. The fraction of sp³-hybridized carbons (Fsp3) is 0.333. The summed E-state index contributed by atoms with van der Waals surface area (Å²) < 4.78 is 5.01. The molecule has 1 rings (SSSR count). The number of rotatable bonds is 2. The summed E-state index contributed by atoms with van der Waals surface area (Å²) in [4.78, 5) is 3.99. The highest BCUT2D eigenvalue weighted by Crippen LogP contribution is 2.22. The van der Waals surface area contributed by atoms with Crippen molar-refractivity contribution in [3.05, 3.63) is 23.9 Å². The molecule has 3 nitrogen and oxygen atoms in total. The molecule has 3 heteroatoms. The van der Waals surface area contributed by atoms with E-state index in [-0.39, 0.29) is 5.92 Å². The molecule has 0 aliphatic rings. The van der Waals surface area contributed by atoms with Gasteiger partial charge in [-0.15, -0.1) is 0 Å². The second-order valence-electron chi connectivity index (χ2n) is 2.45. The third kappa shape index (κ3) is 1.54. The maximum Gasteiger partial charge on any atom is 0.217 e. The van der Waals surface area contributed by atoms with Gasteiger partial charge in [0.05, 0.1) is 19.1 Å². The van der Waals surface area contributed by atoms with Gasteiger partial charge in [0.25, 0.3) is 0 Å². The smallest absolute Gasteiger partial charge is 0.217 e. The topological polar surface area (TPSA) is 45.9 Å². The molecule has 0 aliphatic heterocycles. The Morgan fingerprint density at radius 1 is 1.67 bits per heavy atom. The van der Waals surface area contributed by atoms with Crippen LogP contribution in [0.2, 0.25) is 0 Å². The lowest BCUT2D eigenvalue weighted by molar-refractivity contribution is 0.391. The summed E-state index contributed by atoms with van der Waals surface area (Å²) in [5, 5.41) is 8.67. The van der Waals surface area contributed by atoms with E-state index in [0.717, 1.165) is 5.56 Å². The van der Waals surface area contributed by atoms with Gasteiger partial charge in [0.15, 0.2) is 0 Å². The molecule has 0 bridgehead atoms. The zero-order valence-electron chi connectivity index (χ0n) is 7.11. The Balaban J connectivity index is 3.06. The lowest BCUT2D eigenvalue weighted by Gasteiger charge is -2.06. The van der Waals surface area contributed by atoms with E-state index in [4.69, 9.17) is 10.00 Å². The molecule has 0 spiro atoms. The molecule has 0 aliphatic carbocycles. The fourth-order valence-corrected chi connectivity index (χ4v) is 0.973. The Kier molecular flexibility index (Phi) is 2.65. The Hall–Kier alpha value is -1.56. The lowest BCUT2D eigenvalue weighted by Crippen LogP contribution is -1.96.